The van der Waals surface area contributed by atoms with Crippen molar-refractivity contribution >= 4 is 33.3 Å². The van der Waals surface area contributed by atoms with Crippen molar-refractivity contribution in [1.82, 2.24) is 9.97 Å². The van der Waals surface area contributed by atoms with Crippen LogP contribution >= 0.6 is 11.3 Å². The summed E-state index contributed by atoms with van der Waals surface area (Å²) in [6.07, 6.45) is 0.715. The maximum atomic E-state index is 9.61. The second-order valence-electron chi connectivity index (χ2n) is 4.78. The zero-order valence-electron chi connectivity index (χ0n) is 11.4. The number of nitrogens with one attached hydrogen (secondary N) is 1. The van der Waals surface area contributed by atoms with Crippen LogP contribution in [0.3, 0.4) is 0 Å². The number of nitrogens with two attached hydrogens (primary N) is 1. The highest BCUT2D eigenvalue weighted by atomic mass is 32.1. The number of hydrogen-bond donors (Lipinski definition) is 3. The minimum atomic E-state index is -0.121. The van der Waals surface area contributed by atoms with E-state index in [0.717, 1.165) is 15.8 Å². The Hall–Kier alpha value is -2.18. The summed E-state index contributed by atoms with van der Waals surface area (Å²) < 4.78 is 0. The first-order chi connectivity index (χ1) is 10.3. The molecule has 0 aliphatic carbocycles. The van der Waals surface area contributed by atoms with Crippen molar-refractivity contribution in [3.05, 3.63) is 47.3 Å². The van der Waals surface area contributed by atoms with Gasteiger partial charge in [0, 0.05) is 0 Å². The molecule has 0 saturated heterocycles. The largest absolute Gasteiger partial charge is 0.394 e. The predicted octanol–water partition coefficient (Wildman–Crippen LogP) is 2.29. The molecule has 3 aromatic rings. The Morgan fingerprint density at radius 3 is 2.76 bits per heavy atom. The van der Waals surface area contributed by atoms with Gasteiger partial charge in [-0.2, -0.15) is 4.98 Å². The number of benzene rings is 1. The van der Waals surface area contributed by atoms with E-state index in [9.17, 15) is 5.11 Å². The Kier molecular flexibility index (Phi) is 3.98. The summed E-state index contributed by atoms with van der Waals surface area (Å²) in [5, 5.41) is 15.8. The van der Waals surface area contributed by atoms with Crippen LogP contribution in [0, 0.1) is 0 Å². The van der Waals surface area contributed by atoms with Crippen LogP contribution in [0.1, 0.15) is 5.56 Å². The SMILES string of the molecule is Nc1nc(NC(CO)Cc2ccccc2)c2ccsc2n1. The molecule has 4 N–H and O–H groups in total. The van der Waals surface area contributed by atoms with Gasteiger partial charge in [0.1, 0.15) is 10.6 Å². The lowest BCUT2D eigenvalue weighted by atomic mass is 10.1. The number of aliphatic hydroxyl groups excluding tert-OH is 1. The van der Waals surface area contributed by atoms with E-state index in [1.54, 1.807) is 0 Å². The van der Waals surface area contributed by atoms with Crippen LogP contribution in [0.25, 0.3) is 10.2 Å². The van der Waals surface area contributed by atoms with Crippen LogP contribution in [0.15, 0.2) is 41.8 Å². The molecule has 0 radical (unpaired) electrons. The van der Waals surface area contributed by atoms with Crippen LogP contribution in [-0.4, -0.2) is 27.7 Å². The number of rotatable bonds is 5. The molecule has 108 valence electrons. The third kappa shape index (κ3) is 3.12. The average Bonchev–Trinajstić information content (AvgIpc) is 2.96. The van der Waals surface area contributed by atoms with Gasteiger partial charge >= 0.3 is 0 Å². The summed E-state index contributed by atoms with van der Waals surface area (Å²) in [6.45, 7) is 0.0183. The van der Waals surface area contributed by atoms with Crippen LogP contribution in [0.4, 0.5) is 11.8 Å². The molecular formula is C15H16N4OS. The molecule has 0 amide bonds. The summed E-state index contributed by atoms with van der Waals surface area (Å²) in [5.74, 6) is 0.914. The Bertz CT molecular complexity index is 729. The summed E-state index contributed by atoms with van der Waals surface area (Å²) in [4.78, 5) is 9.30. The molecule has 21 heavy (non-hydrogen) atoms. The summed E-state index contributed by atoms with van der Waals surface area (Å²) >= 11 is 1.52. The Balaban J connectivity index is 1.84. The van der Waals surface area contributed by atoms with E-state index in [1.807, 2.05) is 41.8 Å². The monoisotopic (exact) mass is 300 g/mol. The molecule has 0 aliphatic rings. The Morgan fingerprint density at radius 2 is 2.00 bits per heavy atom. The molecule has 1 unspecified atom stereocenters. The smallest absolute Gasteiger partial charge is 0.223 e. The lowest BCUT2D eigenvalue weighted by Gasteiger charge is -2.17. The third-order valence-electron chi connectivity index (χ3n) is 3.23. The predicted molar refractivity (Wildman–Crippen MR) is 86.5 cm³/mol. The molecule has 0 spiro atoms. The lowest BCUT2D eigenvalue weighted by molar-refractivity contribution is 0.273. The molecule has 6 heteroatoms. The van der Waals surface area contributed by atoms with Gasteiger partial charge in [0.05, 0.1) is 18.0 Å². The van der Waals surface area contributed by atoms with Gasteiger partial charge in [0.2, 0.25) is 5.95 Å². The van der Waals surface area contributed by atoms with Crippen molar-refractivity contribution in [3.8, 4) is 0 Å². The van der Waals surface area contributed by atoms with Gasteiger partial charge < -0.3 is 16.2 Å². The Labute approximate surface area is 126 Å². The van der Waals surface area contributed by atoms with Gasteiger partial charge in [-0.3, -0.25) is 0 Å². The zero-order valence-corrected chi connectivity index (χ0v) is 12.2. The summed E-state index contributed by atoms with van der Waals surface area (Å²) in [5.41, 5.74) is 6.90. The highest BCUT2D eigenvalue weighted by Crippen LogP contribution is 2.26. The van der Waals surface area contributed by atoms with Crippen LogP contribution < -0.4 is 11.1 Å². The fourth-order valence-electron chi connectivity index (χ4n) is 2.24. The van der Waals surface area contributed by atoms with E-state index in [-0.39, 0.29) is 18.6 Å². The minimum absolute atomic E-state index is 0.0183. The number of aliphatic hydroxyl groups is 1. The molecule has 1 aromatic carbocycles. The first-order valence-corrected chi connectivity index (χ1v) is 7.56. The number of nitrogen functional groups attached to an aromatic ring is 1. The molecule has 5 nitrogen and oxygen atoms in total. The van der Waals surface area contributed by atoms with Gasteiger partial charge in [0.15, 0.2) is 0 Å². The maximum absolute atomic E-state index is 9.61. The van der Waals surface area contributed by atoms with Gasteiger partial charge in [-0.25, -0.2) is 4.98 Å². The number of thiophene rings is 1. The highest BCUT2D eigenvalue weighted by Gasteiger charge is 2.13. The van der Waals surface area contributed by atoms with Gasteiger partial charge in [-0.05, 0) is 23.4 Å². The molecule has 1 atom stereocenters. The number of aromatic nitrogens is 2. The van der Waals surface area contributed by atoms with Crippen molar-refractivity contribution < 1.29 is 5.11 Å². The minimum Gasteiger partial charge on any atom is -0.394 e. The average molecular weight is 300 g/mol. The zero-order chi connectivity index (χ0) is 14.7. The fourth-order valence-corrected chi connectivity index (χ4v) is 3.01. The summed E-state index contributed by atoms with van der Waals surface area (Å²) in [6, 6.07) is 11.9. The number of nitrogens with zero attached hydrogens (tertiary/aromatic N) is 2. The molecule has 2 heterocycles. The van der Waals surface area contributed by atoms with E-state index in [1.165, 1.54) is 11.3 Å². The number of fused-ring (bicyclic) bond motifs is 1. The topological polar surface area (TPSA) is 84.1 Å². The van der Waals surface area contributed by atoms with Crippen molar-refractivity contribution in [2.45, 2.75) is 12.5 Å². The first kappa shape index (κ1) is 13.8. The molecule has 0 aliphatic heterocycles. The van der Waals surface area contributed by atoms with Crippen LogP contribution in [-0.2, 0) is 6.42 Å². The second kappa shape index (κ2) is 6.07. The molecule has 3 rings (SSSR count). The molecular weight excluding hydrogens is 284 g/mol. The first-order valence-electron chi connectivity index (χ1n) is 6.68. The van der Waals surface area contributed by atoms with Crippen LogP contribution in [0.2, 0.25) is 0 Å². The highest BCUT2D eigenvalue weighted by molar-refractivity contribution is 7.16. The van der Waals surface area contributed by atoms with Gasteiger partial charge in [0.25, 0.3) is 0 Å². The normalized spacial score (nSPS) is 12.4. The Morgan fingerprint density at radius 1 is 1.19 bits per heavy atom. The fraction of sp³-hybridized carbons (Fsp3) is 0.200. The van der Waals surface area contributed by atoms with Gasteiger partial charge in [-0.15, -0.1) is 11.3 Å². The van der Waals surface area contributed by atoms with E-state index in [4.69, 9.17) is 5.73 Å². The van der Waals surface area contributed by atoms with Crippen molar-refractivity contribution in [1.29, 1.82) is 0 Å². The third-order valence-corrected chi connectivity index (χ3v) is 4.04. The molecule has 2 aromatic heterocycles. The lowest BCUT2D eigenvalue weighted by Crippen LogP contribution is -2.27. The quantitative estimate of drug-likeness (QED) is 0.673. The number of hydrogen-bond acceptors (Lipinski definition) is 6. The second-order valence-corrected chi connectivity index (χ2v) is 5.68. The maximum Gasteiger partial charge on any atom is 0.223 e. The van der Waals surface area contributed by atoms with Crippen molar-refractivity contribution in [2.24, 2.45) is 0 Å². The van der Waals surface area contributed by atoms with E-state index < -0.39 is 0 Å². The van der Waals surface area contributed by atoms with Crippen molar-refractivity contribution in [2.75, 3.05) is 17.7 Å². The van der Waals surface area contributed by atoms with Crippen molar-refractivity contribution in [3.63, 3.8) is 0 Å². The van der Waals surface area contributed by atoms with E-state index >= 15 is 0 Å². The molecule has 0 bridgehead atoms. The van der Waals surface area contributed by atoms with E-state index in [0.29, 0.717) is 12.2 Å². The molecule has 0 fully saturated rings. The van der Waals surface area contributed by atoms with Crippen LogP contribution in [0.5, 0.6) is 0 Å². The summed E-state index contributed by atoms with van der Waals surface area (Å²) in [7, 11) is 0. The number of anilines is 2. The van der Waals surface area contributed by atoms with E-state index in [2.05, 4.69) is 15.3 Å². The van der Waals surface area contributed by atoms with Gasteiger partial charge in [-0.1, -0.05) is 30.3 Å². The standard InChI is InChI=1S/C15H16N4OS/c16-15-18-13(12-6-7-21-14(12)19-15)17-11(9-20)8-10-4-2-1-3-5-10/h1-7,11,20H,8-9H2,(H3,16,17,18,19). The molecule has 0 saturated carbocycles.